The first-order chi connectivity index (χ1) is 20.5. The van der Waals surface area contributed by atoms with E-state index < -0.39 is 35.3 Å². The first-order valence-electron chi connectivity index (χ1n) is 13.9. The summed E-state index contributed by atoms with van der Waals surface area (Å²) in [4.78, 5) is 28.0. The van der Waals surface area contributed by atoms with Gasteiger partial charge in [-0.3, -0.25) is 9.59 Å². The zero-order valence-electron chi connectivity index (χ0n) is 23.1. The standard InChI is InChI=1S/C37H30O5/c1-41-36(39)34-33(28-22-21-25-13-11-12-16-27(25)23-28)31(26-14-5-2-6-15-26)24-32(35(38)42-30-19-9-4-10-20-30)37(34,40)29-17-7-3-8-18-29/h2-24,32-34,40H,1H3/t32-,33-,34-,37-/m1/s1. The van der Waals surface area contributed by atoms with Gasteiger partial charge in [0.15, 0.2) is 0 Å². The molecule has 0 radical (unpaired) electrons. The van der Waals surface area contributed by atoms with Crippen molar-refractivity contribution in [3.8, 4) is 5.75 Å². The van der Waals surface area contributed by atoms with Gasteiger partial charge in [-0.25, -0.2) is 0 Å². The second-order valence-electron chi connectivity index (χ2n) is 10.5. The maximum atomic E-state index is 14.0. The summed E-state index contributed by atoms with van der Waals surface area (Å²) in [5.41, 5.74) is 0.816. The van der Waals surface area contributed by atoms with Gasteiger partial charge < -0.3 is 14.6 Å². The molecule has 0 aliphatic heterocycles. The average molecular weight is 555 g/mol. The van der Waals surface area contributed by atoms with E-state index in [0.717, 1.165) is 27.5 Å². The van der Waals surface area contributed by atoms with Gasteiger partial charge in [0.05, 0.1) is 7.11 Å². The molecule has 6 rings (SSSR count). The minimum atomic E-state index is -1.99. The van der Waals surface area contributed by atoms with Crippen LogP contribution < -0.4 is 4.74 Å². The van der Waals surface area contributed by atoms with Crippen LogP contribution in [0.1, 0.15) is 22.6 Å². The van der Waals surface area contributed by atoms with Crippen molar-refractivity contribution in [1.29, 1.82) is 0 Å². The van der Waals surface area contributed by atoms with Gasteiger partial charge in [-0.05, 0) is 45.2 Å². The van der Waals surface area contributed by atoms with Crippen LogP contribution >= 0.6 is 0 Å². The van der Waals surface area contributed by atoms with Crippen molar-refractivity contribution in [2.24, 2.45) is 11.8 Å². The Morgan fingerprint density at radius 3 is 1.95 bits per heavy atom. The number of fused-ring (bicyclic) bond motifs is 1. The molecule has 5 nitrogen and oxygen atoms in total. The summed E-state index contributed by atoms with van der Waals surface area (Å²) in [6.45, 7) is 0. The molecule has 1 aliphatic carbocycles. The van der Waals surface area contributed by atoms with Crippen LogP contribution in [-0.4, -0.2) is 24.2 Å². The summed E-state index contributed by atoms with van der Waals surface area (Å²) in [5.74, 6) is -4.00. The van der Waals surface area contributed by atoms with Crippen LogP contribution in [0.3, 0.4) is 0 Å². The van der Waals surface area contributed by atoms with Gasteiger partial charge in [0.25, 0.3) is 0 Å². The fourth-order valence-electron chi connectivity index (χ4n) is 6.14. The molecular formula is C37H30O5. The van der Waals surface area contributed by atoms with Crippen LogP contribution in [0.25, 0.3) is 16.3 Å². The van der Waals surface area contributed by atoms with Gasteiger partial charge in [-0.15, -0.1) is 0 Å². The van der Waals surface area contributed by atoms with Crippen molar-refractivity contribution in [1.82, 2.24) is 0 Å². The predicted molar refractivity (Wildman–Crippen MR) is 163 cm³/mol. The van der Waals surface area contributed by atoms with Gasteiger partial charge in [0, 0.05) is 5.92 Å². The van der Waals surface area contributed by atoms with Gasteiger partial charge >= 0.3 is 11.9 Å². The van der Waals surface area contributed by atoms with Crippen molar-refractivity contribution in [3.63, 3.8) is 0 Å². The number of esters is 2. The third kappa shape index (κ3) is 4.89. The molecule has 42 heavy (non-hydrogen) atoms. The number of para-hydroxylation sites is 1. The van der Waals surface area contributed by atoms with E-state index in [0.29, 0.717) is 11.3 Å². The first-order valence-corrected chi connectivity index (χ1v) is 13.9. The van der Waals surface area contributed by atoms with Crippen LogP contribution in [-0.2, 0) is 19.9 Å². The molecule has 0 unspecified atom stereocenters. The topological polar surface area (TPSA) is 72.8 Å². The van der Waals surface area contributed by atoms with Crippen molar-refractivity contribution >= 4 is 28.3 Å². The Morgan fingerprint density at radius 1 is 0.690 bits per heavy atom. The van der Waals surface area contributed by atoms with E-state index >= 15 is 0 Å². The number of ether oxygens (including phenoxy) is 2. The van der Waals surface area contributed by atoms with E-state index in [9.17, 15) is 14.7 Å². The highest BCUT2D eigenvalue weighted by molar-refractivity contribution is 5.92. The Morgan fingerprint density at radius 2 is 1.29 bits per heavy atom. The maximum absolute atomic E-state index is 14.0. The summed E-state index contributed by atoms with van der Waals surface area (Å²) >= 11 is 0. The third-order valence-corrected chi connectivity index (χ3v) is 8.11. The second-order valence-corrected chi connectivity index (χ2v) is 10.5. The number of rotatable bonds is 6. The Labute approximate surface area is 244 Å². The number of methoxy groups -OCH3 is 1. The Hall–Kier alpha value is -5.00. The molecule has 0 bridgehead atoms. The maximum Gasteiger partial charge on any atom is 0.321 e. The molecule has 0 saturated carbocycles. The minimum absolute atomic E-state index is 0.346. The SMILES string of the molecule is COC(=O)[C@H]1[C@H](c2ccc3ccccc3c2)C(c2ccccc2)=C[C@H](C(=O)Oc2ccccc2)[C@]1(O)c1ccccc1. The van der Waals surface area contributed by atoms with E-state index in [4.69, 9.17) is 9.47 Å². The number of hydrogen-bond acceptors (Lipinski definition) is 5. The molecular weight excluding hydrogens is 524 g/mol. The lowest BCUT2D eigenvalue weighted by Gasteiger charge is -2.47. The van der Waals surface area contributed by atoms with Crippen LogP contribution in [0.15, 0.2) is 140 Å². The second kappa shape index (κ2) is 11.5. The summed E-state index contributed by atoms with van der Waals surface area (Å²) in [5, 5.41) is 14.9. The summed E-state index contributed by atoms with van der Waals surface area (Å²) < 4.78 is 11.2. The molecule has 5 heteroatoms. The van der Waals surface area contributed by atoms with E-state index in [1.54, 1.807) is 54.6 Å². The van der Waals surface area contributed by atoms with Gasteiger partial charge in [-0.1, -0.05) is 127 Å². The number of aliphatic hydroxyl groups is 1. The molecule has 0 amide bonds. The summed E-state index contributed by atoms with van der Waals surface area (Å²) in [6, 6.07) is 41.2. The molecule has 208 valence electrons. The van der Waals surface area contributed by atoms with Crippen LogP contribution in [0.5, 0.6) is 5.75 Å². The quantitative estimate of drug-likeness (QED) is 0.182. The molecule has 0 heterocycles. The largest absolute Gasteiger partial charge is 0.469 e. The smallest absolute Gasteiger partial charge is 0.321 e. The zero-order valence-corrected chi connectivity index (χ0v) is 23.1. The summed E-state index contributed by atoms with van der Waals surface area (Å²) in [7, 11) is 1.31. The van der Waals surface area contributed by atoms with Crippen LogP contribution in [0.4, 0.5) is 0 Å². The zero-order chi connectivity index (χ0) is 29.1. The first kappa shape index (κ1) is 27.2. The fourth-order valence-corrected chi connectivity index (χ4v) is 6.14. The van der Waals surface area contributed by atoms with Crippen LogP contribution in [0, 0.1) is 11.8 Å². The monoisotopic (exact) mass is 554 g/mol. The van der Waals surface area contributed by atoms with Gasteiger partial charge in [0.2, 0.25) is 0 Å². The molecule has 1 aliphatic rings. The molecule has 0 spiro atoms. The van der Waals surface area contributed by atoms with Crippen molar-refractivity contribution < 1.29 is 24.2 Å². The number of hydrogen-bond donors (Lipinski definition) is 1. The van der Waals surface area contributed by atoms with E-state index in [1.165, 1.54) is 7.11 Å². The lowest BCUT2D eigenvalue weighted by atomic mass is 9.59. The van der Waals surface area contributed by atoms with Crippen molar-refractivity contribution in [2.75, 3.05) is 7.11 Å². The van der Waals surface area contributed by atoms with Gasteiger partial charge in [-0.2, -0.15) is 0 Å². The van der Waals surface area contributed by atoms with Crippen molar-refractivity contribution in [2.45, 2.75) is 11.5 Å². The number of carbonyl (C=O) groups is 2. The molecule has 0 aromatic heterocycles. The van der Waals surface area contributed by atoms with Crippen molar-refractivity contribution in [3.05, 3.63) is 156 Å². The normalized spacial score (nSPS) is 21.8. The van der Waals surface area contributed by atoms with Crippen LogP contribution in [0.2, 0.25) is 0 Å². The molecule has 1 N–H and O–H groups in total. The summed E-state index contributed by atoms with van der Waals surface area (Å²) in [6.07, 6.45) is 1.77. The highest BCUT2D eigenvalue weighted by atomic mass is 16.5. The molecule has 0 saturated heterocycles. The molecule has 0 fully saturated rings. The average Bonchev–Trinajstić information content (AvgIpc) is 3.05. The highest BCUT2D eigenvalue weighted by Gasteiger charge is 2.59. The molecule has 5 aromatic rings. The minimum Gasteiger partial charge on any atom is -0.469 e. The lowest BCUT2D eigenvalue weighted by Crippen LogP contribution is -2.54. The Kier molecular flexibility index (Phi) is 7.43. The highest BCUT2D eigenvalue weighted by Crippen LogP contribution is 2.55. The predicted octanol–water partition coefficient (Wildman–Crippen LogP) is 6.92. The third-order valence-electron chi connectivity index (χ3n) is 8.11. The van der Waals surface area contributed by atoms with Gasteiger partial charge in [0.1, 0.15) is 23.2 Å². The van der Waals surface area contributed by atoms with E-state index in [1.807, 2.05) is 84.9 Å². The fraction of sp³-hybridized carbons (Fsp3) is 0.135. The lowest BCUT2D eigenvalue weighted by molar-refractivity contribution is -0.169. The number of carbonyl (C=O) groups excluding carboxylic acids is 2. The molecule has 4 atom stereocenters. The molecule has 5 aromatic carbocycles. The Bertz CT molecular complexity index is 1750. The van der Waals surface area contributed by atoms with E-state index in [-0.39, 0.29) is 0 Å². The van der Waals surface area contributed by atoms with E-state index in [2.05, 4.69) is 0 Å². The Balaban J connectivity index is 1.63. The number of allylic oxidation sites excluding steroid dienone is 1. The number of benzene rings is 5.